The number of hydrogen-bond donors (Lipinski definition) is 0. The largest absolute Gasteiger partial charge is 0.379 e. The maximum atomic E-state index is 5.59. The van der Waals surface area contributed by atoms with Gasteiger partial charge in [0.1, 0.15) is 0 Å². The van der Waals surface area contributed by atoms with Crippen LogP contribution in [0.4, 0.5) is 11.4 Å². The Morgan fingerprint density at radius 1 is 0.625 bits per heavy atom. The van der Waals surface area contributed by atoms with Gasteiger partial charge in [-0.15, -0.1) is 22.7 Å². The average molecular weight is 579 g/mol. The fourth-order valence-electron chi connectivity index (χ4n) is 5.62. The molecule has 0 radical (unpaired) electrons. The fourth-order valence-corrected chi connectivity index (χ4v) is 8.23. The zero-order valence-corrected chi connectivity index (χ0v) is 24.2. The Bertz CT molecular complexity index is 1730. The smallest absolute Gasteiger partial charge is 0.0812 e. The van der Waals surface area contributed by atoms with E-state index >= 15 is 0 Å². The minimum absolute atomic E-state index is 0.823. The Balaban J connectivity index is 1.18. The molecule has 2 aliphatic rings. The number of benzene rings is 4. The van der Waals surface area contributed by atoms with Crippen LogP contribution in [0.2, 0.25) is 0 Å². The zero-order chi connectivity index (χ0) is 26.5. The summed E-state index contributed by atoms with van der Waals surface area (Å²) in [6.07, 6.45) is 0. The Kier molecular flexibility index (Phi) is 6.31. The number of nitrogens with zero attached hydrogens (tertiary/aromatic N) is 4. The van der Waals surface area contributed by atoms with Gasteiger partial charge in [0, 0.05) is 36.0 Å². The van der Waals surface area contributed by atoms with Crippen LogP contribution in [0.3, 0.4) is 0 Å². The molecule has 8 rings (SSSR count). The molecule has 5 nitrogen and oxygen atoms in total. The van der Waals surface area contributed by atoms with Crippen molar-refractivity contribution in [3.05, 3.63) is 83.8 Å². The summed E-state index contributed by atoms with van der Waals surface area (Å²) < 4.78 is 8.04. The lowest BCUT2D eigenvalue weighted by atomic mass is 10.0. The fraction of sp³-hybridized carbons (Fsp3) is 0.188. The van der Waals surface area contributed by atoms with Crippen LogP contribution in [0.5, 0.6) is 0 Å². The third-order valence-electron chi connectivity index (χ3n) is 7.79. The molecular formula is C32H26N4OS3. The first-order chi connectivity index (χ1) is 19.8. The lowest BCUT2D eigenvalue weighted by molar-refractivity contribution is 0.0394. The van der Waals surface area contributed by atoms with E-state index in [2.05, 4.69) is 92.6 Å². The van der Waals surface area contributed by atoms with Gasteiger partial charge in [-0.05, 0) is 70.8 Å². The van der Waals surface area contributed by atoms with E-state index in [-0.39, 0.29) is 0 Å². The molecule has 0 amide bonds. The van der Waals surface area contributed by atoms with Crippen molar-refractivity contribution in [3.8, 4) is 22.3 Å². The molecule has 2 aromatic heterocycles. The van der Waals surface area contributed by atoms with E-state index in [4.69, 9.17) is 4.74 Å². The lowest BCUT2D eigenvalue weighted by Gasteiger charge is -2.36. The normalized spacial score (nSPS) is 15.4. The summed E-state index contributed by atoms with van der Waals surface area (Å²) in [6.45, 7) is 5.61. The van der Waals surface area contributed by atoms with E-state index in [1.54, 1.807) is 22.7 Å². The van der Waals surface area contributed by atoms with Gasteiger partial charge < -0.3 is 9.64 Å². The predicted octanol–water partition coefficient (Wildman–Crippen LogP) is 8.17. The summed E-state index contributed by atoms with van der Waals surface area (Å²) in [7, 11) is 0. The van der Waals surface area contributed by atoms with Crippen molar-refractivity contribution in [1.82, 2.24) is 14.9 Å². The molecule has 4 aromatic carbocycles. The second-order valence-electron chi connectivity index (χ2n) is 10.1. The van der Waals surface area contributed by atoms with Gasteiger partial charge in [0.05, 0.1) is 56.0 Å². The van der Waals surface area contributed by atoms with Crippen molar-refractivity contribution in [1.29, 1.82) is 0 Å². The molecule has 198 valence electrons. The number of thiazole rings is 2. The number of fused-ring (bicyclic) bond motifs is 4. The summed E-state index contributed by atoms with van der Waals surface area (Å²) in [6, 6.07) is 27.1. The maximum absolute atomic E-state index is 5.59. The highest BCUT2D eigenvalue weighted by atomic mass is 32.2. The molecule has 0 bridgehead atoms. The minimum atomic E-state index is 0.823. The highest BCUT2D eigenvalue weighted by molar-refractivity contribution is 7.99. The van der Waals surface area contributed by atoms with Crippen molar-refractivity contribution in [3.63, 3.8) is 0 Å². The van der Waals surface area contributed by atoms with Gasteiger partial charge in [-0.3, -0.25) is 4.90 Å². The van der Waals surface area contributed by atoms with Gasteiger partial charge in [0.25, 0.3) is 0 Å². The SMILES string of the molecule is c1nc2ccc(-c3ccc4c(c3)Sc3cc(-c5ccc6ncsc6c5)ccc3N4CCN3CCOCC3)cc2s1. The maximum Gasteiger partial charge on any atom is 0.0812 e. The molecule has 0 N–H and O–H groups in total. The monoisotopic (exact) mass is 578 g/mol. The zero-order valence-electron chi connectivity index (χ0n) is 21.7. The molecule has 0 unspecified atom stereocenters. The number of anilines is 2. The number of aromatic nitrogens is 2. The summed E-state index contributed by atoms with van der Waals surface area (Å²) in [5, 5.41) is 0. The van der Waals surface area contributed by atoms with Crippen molar-refractivity contribution < 1.29 is 4.74 Å². The van der Waals surface area contributed by atoms with Crippen LogP contribution < -0.4 is 4.90 Å². The highest BCUT2D eigenvalue weighted by Gasteiger charge is 2.25. The summed E-state index contributed by atoms with van der Waals surface area (Å²) in [4.78, 5) is 16.5. The van der Waals surface area contributed by atoms with Crippen LogP contribution in [0.25, 0.3) is 42.7 Å². The van der Waals surface area contributed by atoms with Crippen LogP contribution in [-0.4, -0.2) is 54.3 Å². The summed E-state index contributed by atoms with van der Waals surface area (Å²) in [5.41, 5.74) is 13.5. The molecule has 0 atom stereocenters. The highest BCUT2D eigenvalue weighted by Crippen LogP contribution is 2.50. The van der Waals surface area contributed by atoms with E-state index < -0.39 is 0 Å². The number of rotatable bonds is 5. The minimum Gasteiger partial charge on any atom is -0.379 e. The van der Waals surface area contributed by atoms with Gasteiger partial charge in [-0.25, -0.2) is 9.97 Å². The molecule has 0 aliphatic carbocycles. The first kappa shape index (κ1) is 24.5. The Morgan fingerprint density at radius 2 is 1.15 bits per heavy atom. The van der Waals surface area contributed by atoms with Gasteiger partial charge in [0.2, 0.25) is 0 Å². The van der Waals surface area contributed by atoms with Crippen molar-refractivity contribution >= 4 is 66.2 Å². The van der Waals surface area contributed by atoms with Crippen LogP contribution in [0.15, 0.2) is 93.6 Å². The third-order valence-corrected chi connectivity index (χ3v) is 10.5. The summed E-state index contributed by atoms with van der Waals surface area (Å²) in [5.74, 6) is 0. The second kappa shape index (κ2) is 10.3. The van der Waals surface area contributed by atoms with Gasteiger partial charge in [-0.2, -0.15) is 0 Å². The van der Waals surface area contributed by atoms with E-state index in [0.717, 1.165) is 50.4 Å². The first-order valence-electron chi connectivity index (χ1n) is 13.5. The second-order valence-corrected chi connectivity index (χ2v) is 13.0. The molecule has 0 saturated carbocycles. The van der Waals surface area contributed by atoms with E-state index in [1.165, 1.54) is 52.8 Å². The molecule has 4 heterocycles. The quantitative estimate of drug-likeness (QED) is 0.206. The number of morpholine rings is 1. The van der Waals surface area contributed by atoms with Crippen molar-refractivity contribution in [2.45, 2.75) is 9.79 Å². The van der Waals surface area contributed by atoms with Gasteiger partial charge in [-0.1, -0.05) is 36.0 Å². The van der Waals surface area contributed by atoms with E-state index in [1.807, 2.05) is 22.8 Å². The van der Waals surface area contributed by atoms with Gasteiger partial charge >= 0.3 is 0 Å². The first-order valence-corrected chi connectivity index (χ1v) is 16.1. The molecule has 1 saturated heterocycles. The Hall–Kier alpha value is -3.27. The summed E-state index contributed by atoms with van der Waals surface area (Å²) >= 11 is 5.27. The van der Waals surface area contributed by atoms with Crippen LogP contribution >= 0.6 is 34.4 Å². The van der Waals surface area contributed by atoms with Crippen LogP contribution in [0.1, 0.15) is 0 Å². The van der Waals surface area contributed by atoms with E-state index in [9.17, 15) is 0 Å². The van der Waals surface area contributed by atoms with Crippen molar-refractivity contribution in [2.24, 2.45) is 0 Å². The Morgan fingerprint density at radius 3 is 1.73 bits per heavy atom. The number of hydrogen-bond acceptors (Lipinski definition) is 8. The molecule has 2 aliphatic heterocycles. The predicted molar refractivity (Wildman–Crippen MR) is 168 cm³/mol. The Labute approximate surface area is 245 Å². The molecule has 40 heavy (non-hydrogen) atoms. The number of ether oxygens (including phenoxy) is 1. The van der Waals surface area contributed by atoms with E-state index in [0.29, 0.717) is 0 Å². The van der Waals surface area contributed by atoms with Gasteiger partial charge in [0.15, 0.2) is 0 Å². The average Bonchev–Trinajstić information content (AvgIpc) is 3.68. The molecule has 8 heteroatoms. The molecular weight excluding hydrogens is 553 g/mol. The standard InChI is InChI=1S/C32H26N4OS3/c1-5-25-29(38-19-33-25)15-21(1)23-3-7-27-31(17-23)40-32-18-24(22-2-6-26-30(16-22)39-20-34-26)4-8-28(32)36(27)10-9-35-11-13-37-14-12-35/h1-8,15-20H,9-14H2. The van der Waals surface area contributed by atoms with Crippen molar-refractivity contribution in [2.75, 3.05) is 44.3 Å². The van der Waals surface area contributed by atoms with Crippen LogP contribution in [-0.2, 0) is 4.74 Å². The molecule has 1 fully saturated rings. The molecule has 6 aromatic rings. The van der Waals surface area contributed by atoms with Crippen LogP contribution in [0, 0.1) is 0 Å². The topological polar surface area (TPSA) is 41.5 Å². The lowest BCUT2D eigenvalue weighted by Crippen LogP contribution is -2.41. The molecule has 0 spiro atoms. The third kappa shape index (κ3) is 4.50.